The van der Waals surface area contributed by atoms with Gasteiger partial charge in [0.25, 0.3) is 0 Å². The lowest BCUT2D eigenvalue weighted by atomic mass is 10.0. The molecule has 6 nitrogen and oxygen atoms in total. The van der Waals surface area contributed by atoms with Crippen LogP contribution < -0.4 is 5.69 Å². The van der Waals surface area contributed by atoms with Crippen LogP contribution in [0.4, 0.5) is 0 Å². The molecular weight excluding hydrogens is 414 g/mol. The molecule has 33 heavy (non-hydrogen) atoms. The summed E-state index contributed by atoms with van der Waals surface area (Å²) in [4.78, 5) is 26.1. The number of esters is 1. The molecule has 0 unspecified atom stereocenters. The third-order valence-electron chi connectivity index (χ3n) is 5.45. The summed E-state index contributed by atoms with van der Waals surface area (Å²) in [5.41, 5.74) is 3.58. The van der Waals surface area contributed by atoms with E-state index < -0.39 is 17.7 Å². The Morgan fingerprint density at radius 3 is 1.91 bits per heavy atom. The van der Waals surface area contributed by atoms with Gasteiger partial charge in [-0.3, -0.25) is 4.57 Å². The predicted octanol–water partition coefficient (Wildman–Crippen LogP) is 4.22. The fraction of sp³-hybridized carbons (Fsp3) is 0.148. The van der Waals surface area contributed by atoms with E-state index in [9.17, 15) is 9.59 Å². The van der Waals surface area contributed by atoms with Gasteiger partial charge in [0.05, 0.1) is 19.0 Å². The number of aromatic nitrogens is 2. The summed E-state index contributed by atoms with van der Waals surface area (Å²) < 4.78 is 7.79. The lowest BCUT2D eigenvalue weighted by Gasteiger charge is -2.17. The van der Waals surface area contributed by atoms with Crippen molar-refractivity contribution in [3.05, 3.63) is 130 Å². The molecule has 0 N–H and O–H groups in total. The first kappa shape index (κ1) is 22.0. The van der Waals surface area contributed by atoms with E-state index in [2.05, 4.69) is 0 Å². The van der Waals surface area contributed by atoms with Gasteiger partial charge >= 0.3 is 11.7 Å². The summed E-state index contributed by atoms with van der Waals surface area (Å²) in [5.74, 6) is -0.475. The van der Waals surface area contributed by atoms with Gasteiger partial charge in [0.2, 0.25) is 0 Å². The number of carbonyl (C=O) groups excluding carboxylic acids is 1. The first-order valence-corrected chi connectivity index (χ1v) is 10.7. The molecule has 0 aliphatic heterocycles. The van der Waals surface area contributed by atoms with E-state index in [1.165, 1.54) is 16.4 Å². The highest BCUT2D eigenvalue weighted by atomic mass is 16.5. The number of hydrogen-bond donors (Lipinski definition) is 0. The summed E-state index contributed by atoms with van der Waals surface area (Å²) in [6.07, 6.45) is 1.99. The molecule has 0 bridgehead atoms. The molecule has 0 fully saturated rings. The predicted molar refractivity (Wildman–Crippen MR) is 129 cm³/mol. The van der Waals surface area contributed by atoms with Crippen molar-refractivity contribution in [1.82, 2.24) is 9.24 Å². The van der Waals surface area contributed by atoms with Crippen molar-refractivity contribution in [3.63, 3.8) is 0 Å². The molecule has 0 radical (unpaired) electrons. The van der Waals surface area contributed by atoms with Gasteiger partial charge in [0.15, 0.2) is 0 Å². The van der Waals surface area contributed by atoms with Crippen molar-refractivity contribution >= 4 is 11.7 Å². The van der Waals surface area contributed by atoms with E-state index in [0.717, 1.165) is 16.7 Å². The molecule has 0 spiro atoms. The van der Waals surface area contributed by atoms with Crippen LogP contribution in [0.2, 0.25) is 0 Å². The highest BCUT2D eigenvalue weighted by Crippen LogP contribution is 2.18. The number of nitrogens with zero attached hydrogens (tertiary/aromatic N) is 3. The highest BCUT2D eigenvalue weighted by molar-refractivity contribution is 6.12. The minimum atomic E-state index is -0.793. The van der Waals surface area contributed by atoms with Crippen LogP contribution in [-0.2, 0) is 16.0 Å². The molecule has 4 aromatic rings. The summed E-state index contributed by atoms with van der Waals surface area (Å²) in [7, 11) is 1.33. The number of hydrogen-bond acceptors (Lipinski definition) is 4. The molecule has 166 valence electrons. The van der Waals surface area contributed by atoms with Gasteiger partial charge in [-0.05, 0) is 12.5 Å². The van der Waals surface area contributed by atoms with Crippen LogP contribution in [0.5, 0.6) is 0 Å². The monoisotopic (exact) mass is 439 g/mol. The van der Waals surface area contributed by atoms with Crippen molar-refractivity contribution in [1.29, 1.82) is 0 Å². The molecule has 0 aliphatic carbocycles. The van der Waals surface area contributed by atoms with Gasteiger partial charge in [-0.25, -0.2) is 9.59 Å². The Balaban J connectivity index is 1.82. The molecule has 0 saturated heterocycles. The van der Waals surface area contributed by atoms with Crippen molar-refractivity contribution in [2.75, 3.05) is 7.11 Å². The summed E-state index contributed by atoms with van der Waals surface area (Å²) in [5, 5.41) is 4.70. The number of methoxy groups -OCH3 is 1. The van der Waals surface area contributed by atoms with Crippen LogP contribution in [0, 0.1) is 6.92 Å². The molecule has 0 saturated carbocycles. The van der Waals surface area contributed by atoms with E-state index in [4.69, 9.17) is 9.84 Å². The third-order valence-corrected chi connectivity index (χ3v) is 5.45. The number of imidazole rings is 1. The zero-order valence-corrected chi connectivity index (χ0v) is 18.6. The van der Waals surface area contributed by atoms with Crippen LogP contribution in [-0.4, -0.2) is 28.0 Å². The molecular formula is C27H25N3O3. The summed E-state index contributed by atoms with van der Waals surface area (Å²) >= 11 is 0. The standard InChI is InChI=1S/C27H25N3O3/c1-20-19-29(28-25(22-14-8-4-9-15-22)23-16-10-5-11-17-23)27(32)30(20)24(26(31)33-2)18-21-12-6-3-7-13-21/h3-17,19,24H,18H2,1-2H3/t24-/m1/s1. The zero-order chi connectivity index (χ0) is 23.2. The lowest BCUT2D eigenvalue weighted by Crippen LogP contribution is -2.33. The SMILES string of the molecule is COC(=O)[C@@H](Cc1ccccc1)n1c(C)cn(N=C(c2ccccc2)c2ccccc2)c1=O. The second-order valence-corrected chi connectivity index (χ2v) is 7.68. The molecule has 1 atom stereocenters. The average Bonchev–Trinajstić information content (AvgIpc) is 3.14. The van der Waals surface area contributed by atoms with Crippen molar-refractivity contribution in [2.24, 2.45) is 5.10 Å². The molecule has 1 aromatic heterocycles. The molecule has 0 aliphatic rings. The van der Waals surface area contributed by atoms with Crippen LogP contribution in [0.25, 0.3) is 0 Å². The normalized spacial score (nSPS) is 11.6. The van der Waals surface area contributed by atoms with E-state index in [1.807, 2.05) is 91.0 Å². The topological polar surface area (TPSA) is 65.6 Å². The number of carbonyl (C=O) groups is 1. The molecule has 1 heterocycles. The van der Waals surface area contributed by atoms with Crippen molar-refractivity contribution < 1.29 is 9.53 Å². The maximum Gasteiger partial charge on any atom is 0.349 e. The van der Waals surface area contributed by atoms with E-state index >= 15 is 0 Å². The summed E-state index contributed by atoms with van der Waals surface area (Å²) in [6, 6.07) is 28.2. The van der Waals surface area contributed by atoms with Crippen LogP contribution in [0.1, 0.15) is 28.4 Å². The minimum absolute atomic E-state index is 0.339. The van der Waals surface area contributed by atoms with E-state index in [-0.39, 0.29) is 0 Å². The maximum atomic E-state index is 13.5. The summed E-state index contributed by atoms with van der Waals surface area (Å²) in [6.45, 7) is 1.79. The van der Waals surface area contributed by atoms with Gasteiger partial charge in [0, 0.05) is 23.2 Å². The van der Waals surface area contributed by atoms with Gasteiger partial charge in [-0.2, -0.15) is 9.78 Å². The maximum absolute atomic E-state index is 13.5. The number of rotatable bonds is 7. The van der Waals surface area contributed by atoms with Gasteiger partial charge in [-0.15, -0.1) is 0 Å². The number of benzene rings is 3. The van der Waals surface area contributed by atoms with Crippen LogP contribution in [0.3, 0.4) is 0 Å². The molecule has 4 rings (SSSR count). The fourth-order valence-electron chi connectivity index (χ4n) is 3.84. The van der Waals surface area contributed by atoms with Crippen LogP contribution in [0.15, 0.2) is 107 Å². The Morgan fingerprint density at radius 2 is 1.39 bits per heavy atom. The first-order valence-electron chi connectivity index (χ1n) is 10.7. The van der Waals surface area contributed by atoms with Crippen LogP contribution >= 0.6 is 0 Å². The molecule has 6 heteroatoms. The third kappa shape index (κ3) is 4.85. The Morgan fingerprint density at radius 1 is 0.879 bits per heavy atom. The Hall–Kier alpha value is -4.19. The van der Waals surface area contributed by atoms with Gasteiger partial charge in [0.1, 0.15) is 6.04 Å². The first-order chi connectivity index (χ1) is 16.1. The smallest absolute Gasteiger partial charge is 0.349 e. The number of aryl methyl sites for hydroxylation is 1. The zero-order valence-electron chi connectivity index (χ0n) is 18.6. The number of ether oxygens (including phenoxy) is 1. The Labute approximate surface area is 192 Å². The highest BCUT2D eigenvalue weighted by Gasteiger charge is 2.26. The van der Waals surface area contributed by atoms with E-state index in [1.54, 1.807) is 13.1 Å². The molecule has 3 aromatic carbocycles. The second kappa shape index (κ2) is 9.96. The lowest BCUT2D eigenvalue weighted by molar-refractivity contribution is -0.144. The largest absolute Gasteiger partial charge is 0.467 e. The van der Waals surface area contributed by atoms with Crippen molar-refractivity contribution in [3.8, 4) is 0 Å². The Bertz CT molecular complexity index is 1270. The van der Waals surface area contributed by atoms with Crippen molar-refractivity contribution in [2.45, 2.75) is 19.4 Å². The second-order valence-electron chi connectivity index (χ2n) is 7.68. The Kier molecular flexibility index (Phi) is 6.64. The van der Waals surface area contributed by atoms with E-state index in [0.29, 0.717) is 17.8 Å². The molecule has 0 amide bonds. The fourth-order valence-corrected chi connectivity index (χ4v) is 3.84. The van der Waals surface area contributed by atoms with Gasteiger partial charge < -0.3 is 4.74 Å². The van der Waals surface area contributed by atoms with Gasteiger partial charge in [-0.1, -0.05) is 91.0 Å². The minimum Gasteiger partial charge on any atom is -0.467 e. The average molecular weight is 440 g/mol. The quantitative estimate of drug-likeness (QED) is 0.320.